The lowest BCUT2D eigenvalue weighted by atomic mass is 9.95. The van der Waals surface area contributed by atoms with E-state index in [1.54, 1.807) is 5.51 Å². The zero-order valence-corrected chi connectivity index (χ0v) is 9.74. The molecule has 1 aromatic rings. The summed E-state index contributed by atoms with van der Waals surface area (Å²) in [4.78, 5) is 11.2. The smallest absolute Gasteiger partial charge is 0.308 e. The zero-order valence-electron chi connectivity index (χ0n) is 8.93. The van der Waals surface area contributed by atoms with E-state index in [1.165, 1.54) is 11.3 Å². The van der Waals surface area contributed by atoms with Crippen LogP contribution in [0.3, 0.4) is 0 Å². The highest BCUT2D eigenvalue weighted by molar-refractivity contribution is 7.13. The molecule has 0 radical (unpaired) electrons. The van der Waals surface area contributed by atoms with Crippen molar-refractivity contribution in [2.24, 2.45) is 5.92 Å². The quantitative estimate of drug-likeness (QED) is 0.791. The molecular weight excluding hydrogens is 226 g/mol. The van der Waals surface area contributed by atoms with Gasteiger partial charge in [-0.15, -0.1) is 10.2 Å². The van der Waals surface area contributed by atoms with Crippen molar-refractivity contribution in [2.45, 2.75) is 38.1 Å². The Hall–Kier alpha value is -1.17. The second-order valence-corrected chi connectivity index (χ2v) is 4.91. The van der Waals surface area contributed by atoms with Crippen molar-refractivity contribution in [3.05, 3.63) is 5.51 Å². The Morgan fingerprint density at radius 3 is 2.94 bits per heavy atom. The SMILES string of the molecule is O=C(O)C1CCCCCC1Nc1nncs1. The van der Waals surface area contributed by atoms with E-state index in [-0.39, 0.29) is 12.0 Å². The molecule has 88 valence electrons. The van der Waals surface area contributed by atoms with Gasteiger partial charge >= 0.3 is 5.97 Å². The Balaban J connectivity index is 2.05. The first kappa shape index (κ1) is 11.3. The number of aromatic nitrogens is 2. The van der Waals surface area contributed by atoms with Gasteiger partial charge in [-0.25, -0.2) is 0 Å². The molecule has 16 heavy (non-hydrogen) atoms. The molecule has 6 heteroatoms. The summed E-state index contributed by atoms with van der Waals surface area (Å²) in [5.74, 6) is -1.00. The second-order valence-electron chi connectivity index (χ2n) is 4.08. The van der Waals surface area contributed by atoms with Crippen LogP contribution in [0.5, 0.6) is 0 Å². The number of anilines is 1. The van der Waals surface area contributed by atoms with Gasteiger partial charge in [-0.05, 0) is 12.8 Å². The first-order valence-corrected chi connectivity index (χ1v) is 6.41. The Kier molecular flexibility index (Phi) is 3.71. The maximum atomic E-state index is 11.2. The summed E-state index contributed by atoms with van der Waals surface area (Å²) >= 11 is 1.41. The van der Waals surface area contributed by atoms with Crippen LogP contribution in [0, 0.1) is 5.92 Å². The van der Waals surface area contributed by atoms with Crippen LogP contribution in [-0.2, 0) is 4.79 Å². The van der Waals surface area contributed by atoms with Gasteiger partial charge < -0.3 is 10.4 Å². The third kappa shape index (κ3) is 2.69. The standard InChI is InChI=1S/C10H15N3O2S/c14-9(15)7-4-2-1-3-5-8(7)12-10-13-11-6-16-10/h6-8H,1-5H2,(H,12,13)(H,14,15). The van der Waals surface area contributed by atoms with Crippen molar-refractivity contribution in [3.63, 3.8) is 0 Å². The highest BCUT2D eigenvalue weighted by atomic mass is 32.1. The van der Waals surface area contributed by atoms with Crippen LogP contribution in [0.4, 0.5) is 5.13 Å². The summed E-state index contributed by atoms with van der Waals surface area (Å²) in [6.07, 6.45) is 4.87. The fourth-order valence-electron chi connectivity index (χ4n) is 2.17. The maximum Gasteiger partial charge on any atom is 0.308 e. The van der Waals surface area contributed by atoms with Gasteiger partial charge in [-0.2, -0.15) is 0 Å². The van der Waals surface area contributed by atoms with E-state index in [9.17, 15) is 9.90 Å². The zero-order chi connectivity index (χ0) is 11.4. The third-order valence-electron chi connectivity index (χ3n) is 3.00. The normalized spacial score (nSPS) is 26.0. The Morgan fingerprint density at radius 1 is 1.44 bits per heavy atom. The number of hydrogen-bond donors (Lipinski definition) is 2. The molecule has 0 bridgehead atoms. The van der Waals surface area contributed by atoms with Gasteiger partial charge in [0.05, 0.1) is 5.92 Å². The van der Waals surface area contributed by atoms with Gasteiger partial charge in [-0.1, -0.05) is 30.6 Å². The number of nitrogens with zero attached hydrogens (tertiary/aromatic N) is 2. The summed E-state index contributed by atoms with van der Waals surface area (Å²) in [5, 5.41) is 20.7. The van der Waals surface area contributed by atoms with E-state index >= 15 is 0 Å². The van der Waals surface area contributed by atoms with Crippen LogP contribution in [0.1, 0.15) is 32.1 Å². The van der Waals surface area contributed by atoms with Crippen LogP contribution >= 0.6 is 11.3 Å². The van der Waals surface area contributed by atoms with Crippen LogP contribution in [0.2, 0.25) is 0 Å². The predicted molar refractivity (Wildman–Crippen MR) is 61.5 cm³/mol. The molecule has 2 rings (SSSR count). The number of nitrogens with one attached hydrogen (secondary N) is 1. The molecule has 2 N–H and O–H groups in total. The van der Waals surface area contributed by atoms with Gasteiger partial charge in [0, 0.05) is 6.04 Å². The van der Waals surface area contributed by atoms with Crippen molar-refractivity contribution >= 4 is 22.4 Å². The first-order valence-electron chi connectivity index (χ1n) is 5.53. The molecule has 0 aliphatic heterocycles. The molecule has 0 amide bonds. The minimum absolute atomic E-state index is 0.00653. The predicted octanol–water partition coefficient (Wildman–Crippen LogP) is 1.98. The maximum absolute atomic E-state index is 11.2. The summed E-state index contributed by atoms with van der Waals surface area (Å²) in [6, 6.07) is -0.00653. The van der Waals surface area contributed by atoms with Crippen molar-refractivity contribution in [1.82, 2.24) is 10.2 Å². The number of rotatable bonds is 3. The molecule has 0 aromatic carbocycles. The molecule has 1 heterocycles. The molecular formula is C10H15N3O2S. The minimum Gasteiger partial charge on any atom is -0.481 e. The molecule has 1 aromatic heterocycles. The van der Waals surface area contributed by atoms with Crippen LogP contribution in [0.25, 0.3) is 0 Å². The largest absolute Gasteiger partial charge is 0.481 e. The molecule has 1 saturated carbocycles. The van der Waals surface area contributed by atoms with E-state index in [0.29, 0.717) is 0 Å². The average molecular weight is 241 g/mol. The number of carboxylic acid groups (broad SMARTS) is 1. The minimum atomic E-state index is -0.705. The lowest BCUT2D eigenvalue weighted by Gasteiger charge is -2.21. The summed E-state index contributed by atoms with van der Waals surface area (Å²) in [6.45, 7) is 0. The molecule has 0 spiro atoms. The van der Waals surface area contributed by atoms with Gasteiger partial charge in [0.15, 0.2) is 0 Å². The van der Waals surface area contributed by atoms with Crippen molar-refractivity contribution < 1.29 is 9.90 Å². The number of carboxylic acids is 1. The number of hydrogen-bond acceptors (Lipinski definition) is 5. The van der Waals surface area contributed by atoms with E-state index in [2.05, 4.69) is 15.5 Å². The van der Waals surface area contributed by atoms with Crippen LogP contribution < -0.4 is 5.32 Å². The molecule has 1 fully saturated rings. The van der Waals surface area contributed by atoms with Gasteiger partial charge in [0.2, 0.25) is 5.13 Å². The lowest BCUT2D eigenvalue weighted by molar-refractivity contribution is -0.142. The topological polar surface area (TPSA) is 75.1 Å². The molecule has 5 nitrogen and oxygen atoms in total. The Bertz CT molecular complexity index is 342. The van der Waals surface area contributed by atoms with Gasteiger partial charge in [0.1, 0.15) is 5.51 Å². The third-order valence-corrected chi connectivity index (χ3v) is 3.62. The molecule has 2 unspecified atom stereocenters. The molecule has 1 aliphatic carbocycles. The van der Waals surface area contributed by atoms with Crippen molar-refractivity contribution in [1.29, 1.82) is 0 Å². The highest BCUT2D eigenvalue weighted by Crippen LogP contribution is 2.26. The molecule has 0 saturated heterocycles. The molecule has 1 aliphatic rings. The fourth-order valence-corrected chi connectivity index (χ4v) is 2.68. The summed E-state index contributed by atoms with van der Waals surface area (Å²) < 4.78 is 0. The van der Waals surface area contributed by atoms with E-state index in [1.807, 2.05) is 0 Å². The van der Waals surface area contributed by atoms with E-state index < -0.39 is 5.97 Å². The van der Waals surface area contributed by atoms with Gasteiger partial charge in [0.25, 0.3) is 0 Å². The second kappa shape index (κ2) is 5.25. The van der Waals surface area contributed by atoms with Crippen molar-refractivity contribution in [3.8, 4) is 0 Å². The van der Waals surface area contributed by atoms with E-state index in [4.69, 9.17) is 0 Å². The van der Waals surface area contributed by atoms with E-state index in [0.717, 1.165) is 37.2 Å². The Morgan fingerprint density at radius 2 is 2.25 bits per heavy atom. The monoisotopic (exact) mass is 241 g/mol. The lowest BCUT2D eigenvalue weighted by Crippen LogP contribution is -2.33. The summed E-state index contributed by atoms with van der Waals surface area (Å²) in [5.41, 5.74) is 1.65. The van der Waals surface area contributed by atoms with Crippen LogP contribution in [0.15, 0.2) is 5.51 Å². The average Bonchev–Trinajstić information content (AvgIpc) is 2.63. The first-order chi connectivity index (χ1) is 7.77. The summed E-state index contributed by atoms with van der Waals surface area (Å²) in [7, 11) is 0. The van der Waals surface area contributed by atoms with Gasteiger partial charge in [-0.3, -0.25) is 4.79 Å². The van der Waals surface area contributed by atoms with Crippen molar-refractivity contribution in [2.75, 3.05) is 5.32 Å². The van der Waals surface area contributed by atoms with Crippen LogP contribution in [-0.4, -0.2) is 27.3 Å². The molecule has 2 atom stereocenters. The fraction of sp³-hybridized carbons (Fsp3) is 0.700. The Labute approximate surface area is 97.9 Å². The highest BCUT2D eigenvalue weighted by Gasteiger charge is 2.29. The number of aliphatic carboxylic acids is 1. The number of carbonyl (C=O) groups is 1.